The molecular weight excluding hydrogens is 392 g/mol. The molecule has 5 nitrogen and oxygen atoms in total. The van der Waals surface area contributed by atoms with Crippen LogP contribution in [-0.2, 0) is 12.8 Å². The van der Waals surface area contributed by atoms with Gasteiger partial charge in [-0.3, -0.25) is 0 Å². The predicted octanol–water partition coefficient (Wildman–Crippen LogP) is 2.94. The van der Waals surface area contributed by atoms with Gasteiger partial charge >= 0.3 is 0 Å². The molecule has 0 amide bonds. The van der Waals surface area contributed by atoms with Gasteiger partial charge in [-0.15, -0.1) is 0 Å². The highest BCUT2D eigenvalue weighted by Crippen LogP contribution is 2.29. The first kappa shape index (κ1) is 22.5. The molecule has 1 aliphatic rings. The molecule has 3 rings (SSSR count). The van der Waals surface area contributed by atoms with E-state index < -0.39 is 18.0 Å². The van der Waals surface area contributed by atoms with Crippen LogP contribution in [0.25, 0.3) is 0 Å². The van der Waals surface area contributed by atoms with Crippen LogP contribution in [0.4, 0.5) is 8.78 Å². The second-order valence-electron chi connectivity index (χ2n) is 8.03. The zero-order chi connectivity index (χ0) is 21.7. The number of aromatic hydroxyl groups is 1. The lowest BCUT2D eigenvalue weighted by molar-refractivity contribution is 0.0211. The fraction of sp³-hybridized carbons (Fsp3) is 0.478. The Bertz CT molecular complexity index is 848. The summed E-state index contributed by atoms with van der Waals surface area (Å²) < 4.78 is 32.4. The molecule has 4 atom stereocenters. The number of ether oxygens (including phenoxy) is 1. The van der Waals surface area contributed by atoms with Gasteiger partial charge in [-0.25, -0.2) is 8.78 Å². The molecule has 4 N–H and O–H groups in total. The van der Waals surface area contributed by atoms with E-state index in [2.05, 4.69) is 5.32 Å². The van der Waals surface area contributed by atoms with Crippen molar-refractivity contribution in [3.8, 4) is 11.5 Å². The molecular formula is C23H29F2NO4. The summed E-state index contributed by atoms with van der Waals surface area (Å²) in [6.45, 7) is 2.44. The summed E-state index contributed by atoms with van der Waals surface area (Å²) >= 11 is 0. The van der Waals surface area contributed by atoms with Crippen molar-refractivity contribution in [2.45, 2.75) is 50.9 Å². The quantitative estimate of drug-likeness (QED) is 0.501. The average molecular weight is 421 g/mol. The Kier molecular flexibility index (Phi) is 7.64. The highest BCUT2D eigenvalue weighted by Gasteiger charge is 2.26. The Morgan fingerprint density at radius 1 is 1.10 bits per heavy atom. The minimum Gasteiger partial charge on any atom is -0.508 e. The molecule has 0 bridgehead atoms. The predicted molar refractivity (Wildman–Crippen MR) is 110 cm³/mol. The van der Waals surface area contributed by atoms with Crippen LogP contribution in [0, 0.1) is 17.6 Å². The van der Waals surface area contributed by atoms with Crippen LogP contribution in [0.3, 0.4) is 0 Å². The fourth-order valence-electron chi connectivity index (χ4n) is 3.69. The van der Waals surface area contributed by atoms with Gasteiger partial charge in [-0.05, 0) is 79.1 Å². The van der Waals surface area contributed by atoms with E-state index in [0.29, 0.717) is 43.5 Å². The second kappa shape index (κ2) is 10.2. The third-order valence-corrected chi connectivity index (χ3v) is 5.70. The van der Waals surface area contributed by atoms with Crippen LogP contribution in [0.2, 0.25) is 0 Å². The Balaban J connectivity index is 1.39. The lowest BCUT2D eigenvalue weighted by Crippen LogP contribution is -2.44. The number of aliphatic hydroxyl groups excluding tert-OH is 2. The van der Waals surface area contributed by atoms with E-state index in [1.165, 1.54) is 30.3 Å². The Labute approximate surface area is 175 Å². The lowest BCUT2D eigenvalue weighted by atomic mass is 9.95. The number of aryl methyl sites for hydroxylation is 2. The number of fused-ring (bicyclic) bond motifs is 1. The maximum Gasteiger partial charge on any atom is 0.126 e. The van der Waals surface area contributed by atoms with E-state index in [4.69, 9.17) is 4.74 Å². The number of phenolic OH excluding ortho intramolecular Hbond substituents is 1. The molecule has 0 saturated heterocycles. The SMILES string of the molecule is CC(CCc1cc(F)ccc1O)[C@H](O)CNCC(O)[C@@H]1CCc2cc(F)ccc2O1. The lowest BCUT2D eigenvalue weighted by Gasteiger charge is -2.30. The first-order valence-electron chi connectivity index (χ1n) is 10.3. The monoisotopic (exact) mass is 421 g/mol. The number of aliphatic hydroxyl groups is 2. The van der Waals surface area contributed by atoms with Crippen molar-refractivity contribution in [2.75, 3.05) is 13.1 Å². The van der Waals surface area contributed by atoms with Gasteiger partial charge in [0, 0.05) is 13.1 Å². The number of nitrogens with one attached hydrogen (secondary N) is 1. The Morgan fingerprint density at radius 3 is 2.63 bits per heavy atom. The van der Waals surface area contributed by atoms with E-state index in [1.807, 2.05) is 6.92 Å². The number of halogens is 2. The molecule has 30 heavy (non-hydrogen) atoms. The first-order valence-corrected chi connectivity index (χ1v) is 10.3. The van der Waals surface area contributed by atoms with Crippen molar-refractivity contribution in [1.82, 2.24) is 5.32 Å². The summed E-state index contributed by atoms with van der Waals surface area (Å²) in [5, 5.41) is 33.6. The topological polar surface area (TPSA) is 82.0 Å². The number of benzene rings is 2. The van der Waals surface area contributed by atoms with Crippen molar-refractivity contribution in [1.29, 1.82) is 0 Å². The van der Waals surface area contributed by atoms with Gasteiger partial charge < -0.3 is 25.4 Å². The fourth-order valence-corrected chi connectivity index (χ4v) is 3.69. The summed E-state index contributed by atoms with van der Waals surface area (Å²) in [6, 6.07) is 8.22. The van der Waals surface area contributed by atoms with Gasteiger partial charge in [0.05, 0.1) is 6.10 Å². The van der Waals surface area contributed by atoms with Gasteiger partial charge in [0.1, 0.15) is 35.3 Å². The molecule has 7 heteroatoms. The molecule has 2 aromatic carbocycles. The number of hydrogen-bond donors (Lipinski definition) is 4. The van der Waals surface area contributed by atoms with E-state index in [9.17, 15) is 24.1 Å². The molecule has 2 unspecified atom stereocenters. The summed E-state index contributed by atoms with van der Waals surface area (Å²) in [6.07, 6.45) is 0.485. The molecule has 164 valence electrons. The summed E-state index contributed by atoms with van der Waals surface area (Å²) in [7, 11) is 0. The normalized spacial score (nSPS) is 18.9. The molecule has 1 heterocycles. The van der Waals surface area contributed by atoms with E-state index in [1.54, 1.807) is 6.07 Å². The third kappa shape index (κ3) is 5.90. The standard InChI is InChI=1S/C23H29F2NO4/c1-14(2-3-15-10-17(24)5-7-19(15)27)20(28)12-26-13-21(29)23-8-4-16-11-18(25)6-9-22(16)30-23/h5-7,9-11,14,20-21,23,26-29H,2-4,8,12-13H2,1H3/t14?,20-,21?,23+/m1/s1. The third-order valence-electron chi connectivity index (χ3n) is 5.70. The molecule has 0 aromatic heterocycles. The minimum absolute atomic E-state index is 0.0520. The van der Waals surface area contributed by atoms with Crippen molar-refractivity contribution < 1.29 is 28.8 Å². The van der Waals surface area contributed by atoms with Crippen LogP contribution in [0.15, 0.2) is 36.4 Å². The smallest absolute Gasteiger partial charge is 0.126 e. The molecule has 0 radical (unpaired) electrons. The van der Waals surface area contributed by atoms with Gasteiger partial charge in [-0.1, -0.05) is 6.92 Å². The second-order valence-corrected chi connectivity index (χ2v) is 8.03. The van der Waals surface area contributed by atoms with Crippen LogP contribution < -0.4 is 10.1 Å². The van der Waals surface area contributed by atoms with Crippen LogP contribution in [-0.4, -0.2) is 46.7 Å². The average Bonchev–Trinajstić information content (AvgIpc) is 2.73. The molecule has 0 fully saturated rings. The van der Waals surface area contributed by atoms with Crippen LogP contribution in [0.1, 0.15) is 30.9 Å². The highest BCUT2D eigenvalue weighted by atomic mass is 19.1. The minimum atomic E-state index is -0.755. The Hall–Kier alpha value is -2.22. The largest absolute Gasteiger partial charge is 0.508 e. The van der Waals surface area contributed by atoms with Gasteiger partial charge in [-0.2, -0.15) is 0 Å². The summed E-state index contributed by atoms with van der Waals surface area (Å²) in [5.41, 5.74) is 1.33. The van der Waals surface area contributed by atoms with Crippen LogP contribution >= 0.6 is 0 Å². The molecule has 2 aromatic rings. The molecule has 1 aliphatic heterocycles. The van der Waals surface area contributed by atoms with E-state index in [-0.39, 0.29) is 30.1 Å². The van der Waals surface area contributed by atoms with Gasteiger partial charge in [0.2, 0.25) is 0 Å². The van der Waals surface area contributed by atoms with E-state index in [0.717, 1.165) is 5.56 Å². The van der Waals surface area contributed by atoms with Gasteiger partial charge in [0.15, 0.2) is 0 Å². The van der Waals surface area contributed by atoms with Crippen LogP contribution in [0.5, 0.6) is 11.5 Å². The Morgan fingerprint density at radius 2 is 1.83 bits per heavy atom. The zero-order valence-electron chi connectivity index (χ0n) is 17.0. The zero-order valence-corrected chi connectivity index (χ0v) is 17.0. The molecule has 0 saturated carbocycles. The number of hydrogen-bond acceptors (Lipinski definition) is 5. The number of phenols is 1. The van der Waals surface area contributed by atoms with Crippen molar-refractivity contribution in [3.05, 3.63) is 59.2 Å². The summed E-state index contributed by atoms with van der Waals surface area (Å²) in [5.74, 6) is -0.125. The number of rotatable bonds is 9. The molecule has 0 spiro atoms. The van der Waals surface area contributed by atoms with Crippen molar-refractivity contribution in [2.24, 2.45) is 5.92 Å². The molecule has 0 aliphatic carbocycles. The van der Waals surface area contributed by atoms with Crippen molar-refractivity contribution >= 4 is 0 Å². The highest BCUT2D eigenvalue weighted by molar-refractivity contribution is 5.36. The maximum absolute atomic E-state index is 13.3. The van der Waals surface area contributed by atoms with Gasteiger partial charge in [0.25, 0.3) is 0 Å². The van der Waals surface area contributed by atoms with E-state index >= 15 is 0 Å². The summed E-state index contributed by atoms with van der Waals surface area (Å²) in [4.78, 5) is 0. The first-order chi connectivity index (χ1) is 14.3. The van der Waals surface area contributed by atoms with Crippen molar-refractivity contribution in [3.63, 3.8) is 0 Å². The maximum atomic E-state index is 13.3.